The van der Waals surface area contributed by atoms with Crippen LogP contribution in [0.4, 0.5) is 0 Å². The molecule has 0 saturated heterocycles. The lowest BCUT2D eigenvalue weighted by Gasteiger charge is -2.16. The average Bonchev–Trinajstić information content (AvgIpc) is 3.17. The number of rotatable bonds is 11. The first kappa shape index (κ1) is 21.9. The molecule has 6 heteroatoms. The lowest BCUT2D eigenvalue weighted by molar-refractivity contribution is 0.180. The molecule has 1 aliphatic rings. The summed E-state index contributed by atoms with van der Waals surface area (Å²) in [7, 11) is 3.89. The summed E-state index contributed by atoms with van der Waals surface area (Å²) in [4.78, 5) is 6.99. The summed E-state index contributed by atoms with van der Waals surface area (Å²) in [6.45, 7) is 9.01. The van der Waals surface area contributed by atoms with Crippen molar-refractivity contribution in [1.82, 2.24) is 15.5 Å². The van der Waals surface area contributed by atoms with Gasteiger partial charge in [0.25, 0.3) is 0 Å². The summed E-state index contributed by atoms with van der Waals surface area (Å²) in [6.07, 6.45) is 4.99. The largest absolute Gasteiger partial charge is 0.385 e. The van der Waals surface area contributed by atoms with Gasteiger partial charge in [-0.3, -0.25) is 4.99 Å². The Morgan fingerprint density at radius 3 is 2.73 bits per heavy atom. The molecule has 0 radical (unpaired) electrons. The third-order valence-electron chi connectivity index (χ3n) is 3.89. The van der Waals surface area contributed by atoms with Crippen LogP contribution in [0, 0.1) is 5.92 Å². The minimum absolute atomic E-state index is 0. The van der Waals surface area contributed by atoms with E-state index in [1.165, 1.54) is 19.3 Å². The third-order valence-corrected chi connectivity index (χ3v) is 3.89. The van der Waals surface area contributed by atoms with Crippen molar-refractivity contribution in [2.45, 2.75) is 45.6 Å². The summed E-state index contributed by atoms with van der Waals surface area (Å²) < 4.78 is 5.07. The van der Waals surface area contributed by atoms with Gasteiger partial charge in [-0.15, -0.1) is 24.0 Å². The monoisotopic (exact) mass is 426 g/mol. The summed E-state index contributed by atoms with van der Waals surface area (Å²) >= 11 is 0. The van der Waals surface area contributed by atoms with Crippen LogP contribution in [0.1, 0.15) is 39.5 Å². The molecule has 0 amide bonds. The van der Waals surface area contributed by atoms with Gasteiger partial charge in [-0.25, -0.2) is 0 Å². The molecular formula is C16H35IN4O. The minimum atomic E-state index is 0. The second-order valence-electron chi connectivity index (χ2n) is 5.95. The van der Waals surface area contributed by atoms with E-state index in [1.807, 2.05) is 0 Å². The standard InChI is InChI=1S/C16H34N4O.HI/c1-5-8-14-13-15(14)19-16(17-6-2)18-9-11-20(3)10-7-12-21-4;/h14-15H,5-13H2,1-4H3,(H2,17,18,19);1H. The van der Waals surface area contributed by atoms with Crippen LogP contribution in [-0.4, -0.2) is 63.8 Å². The molecule has 1 saturated carbocycles. The van der Waals surface area contributed by atoms with Gasteiger partial charge in [0.15, 0.2) is 5.96 Å². The van der Waals surface area contributed by atoms with E-state index >= 15 is 0 Å². The van der Waals surface area contributed by atoms with Crippen molar-refractivity contribution < 1.29 is 4.74 Å². The molecule has 22 heavy (non-hydrogen) atoms. The van der Waals surface area contributed by atoms with E-state index < -0.39 is 0 Å². The molecule has 1 rings (SSSR count). The Labute approximate surface area is 153 Å². The van der Waals surface area contributed by atoms with Crippen LogP contribution in [0.3, 0.4) is 0 Å². The first-order chi connectivity index (χ1) is 10.2. The summed E-state index contributed by atoms with van der Waals surface area (Å²) in [6, 6.07) is 0.641. The van der Waals surface area contributed by atoms with Gasteiger partial charge in [0.2, 0.25) is 0 Å². The van der Waals surface area contributed by atoms with E-state index in [0.29, 0.717) is 6.04 Å². The first-order valence-corrected chi connectivity index (χ1v) is 8.43. The van der Waals surface area contributed by atoms with Crippen molar-refractivity contribution in [1.29, 1.82) is 0 Å². The highest BCUT2D eigenvalue weighted by Crippen LogP contribution is 2.34. The number of nitrogens with one attached hydrogen (secondary N) is 2. The maximum atomic E-state index is 5.07. The number of hydrogen-bond acceptors (Lipinski definition) is 3. The van der Waals surface area contributed by atoms with Gasteiger partial charge in [-0.05, 0) is 39.2 Å². The fourth-order valence-electron chi connectivity index (χ4n) is 2.53. The van der Waals surface area contributed by atoms with Crippen LogP contribution in [0.2, 0.25) is 0 Å². The minimum Gasteiger partial charge on any atom is -0.385 e. The molecule has 0 aromatic heterocycles. The number of ether oxygens (including phenoxy) is 1. The maximum Gasteiger partial charge on any atom is 0.191 e. The summed E-state index contributed by atoms with van der Waals surface area (Å²) in [5, 5.41) is 6.90. The Morgan fingerprint density at radius 2 is 2.09 bits per heavy atom. The van der Waals surface area contributed by atoms with Crippen molar-refractivity contribution >= 4 is 29.9 Å². The lowest BCUT2D eigenvalue weighted by atomic mass is 10.2. The number of aliphatic imine (C=N–C) groups is 1. The SMILES string of the molecule is CCCC1CC1NC(=NCCN(C)CCCOC)NCC.I. The Bertz CT molecular complexity index is 302. The van der Waals surface area contributed by atoms with Gasteiger partial charge in [0, 0.05) is 39.4 Å². The van der Waals surface area contributed by atoms with Crippen LogP contribution in [0.15, 0.2) is 4.99 Å². The Balaban J connectivity index is 0.00000441. The number of halogens is 1. The van der Waals surface area contributed by atoms with Crippen LogP contribution in [0.25, 0.3) is 0 Å². The smallest absolute Gasteiger partial charge is 0.191 e. The molecule has 0 aliphatic heterocycles. The number of likely N-dealkylation sites (N-methyl/N-ethyl adjacent to an activating group) is 1. The van der Waals surface area contributed by atoms with Gasteiger partial charge >= 0.3 is 0 Å². The summed E-state index contributed by atoms with van der Waals surface area (Å²) in [5.74, 6) is 1.84. The fourth-order valence-corrected chi connectivity index (χ4v) is 2.53. The number of methoxy groups -OCH3 is 1. The topological polar surface area (TPSA) is 48.9 Å². The molecule has 2 unspecified atom stereocenters. The highest BCUT2D eigenvalue weighted by molar-refractivity contribution is 14.0. The number of hydrogen-bond donors (Lipinski definition) is 2. The molecule has 1 aliphatic carbocycles. The molecule has 0 heterocycles. The molecule has 0 bridgehead atoms. The fraction of sp³-hybridized carbons (Fsp3) is 0.938. The van der Waals surface area contributed by atoms with Crippen molar-refractivity contribution in [2.75, 3.05) is 46.9 Å². The van der Waals surface area contributed by atoms with Crippen molar-refractivity contribution in [3.63, 3.8) is 0 Å². The van der Waals surface area contributed by atoms with E-state index in [1.54, 1.807) is 7.11 Å². The lowest BCUT2D eigenvalue weighted by Crippen LogP contribution is -2.39. The van der Waals surface area contributed by atoms with Crippen LogP contribution in [0.5, 0.6) is 0 Å². The highest BCUT2D eigenvalue weighted by atomic mass is 127. The molecule has 0 spiro atoms. The predicted octanol–water partition coefficient (Wildman–Crippen LogP) is 2.32. The van der Waals surface area contributed by atoms with E-state index in [0.717, 1.165) is 51.1 Å². The maximum absolute atomic E-state index is 5.07. The van der Waals surface area contributed by atoms with Crippen LogP contribution in [-0.2, 0) is 4.74 Å². The van der Waals surface area contributed by atoms with Crippen molar-refractivity contribution in [2.24, 2.45) is 10.9 Å². The van der Waals surface area contributed by atoms with Gasteiger partial charge in [-0.1, -0.05) is 13.3 Å². The van der Waals surface area contributed by atoms with E-state index in [2.05, 4.69) is 41.4 Å². The van der Waals surface area contributed by atoms with Gasteiger partial charge in [0.05, 0.1) is 6.54 Å². The predicted molar refractivity (Wildman–Crippen MR) is 105 cm³/mol. The molecule has 5 nitrogen and oxygen atoms in total. The van der Waals surface area contributed by atoms with Crippen molar-refractivity contribution in [3.05, 3.63) is 0 Å². The average molecular weight is 426 g/mol. The van der Waals surface area contributed by atoms with Crippen LogP contribution < -0.4 is 10.6 Å². The second kappa shape index (κ2) is 13.4. The number of nitrogens with zero attached hydrogens (tertiary/aromatic N) is 2. The number of guanidine groups is 1. The molecule has 0 aromatic carbocycles. The normalized spacial score (nSPS) is 20.7. The quantitative estimate of drug-likeness (QED) is 0.231. The molecule has 0 aromatic rings. The Hall–Kier alpha value is -0.0800. The molecule has 2 atom stereocenters. The molecule has 1 fully saturated rings. The highest BCUT2D eigenvalue weighted by Gasteiger charge is 2.36. The van der Waals surface area contributed by atoms with E-state index in [-0.39, 0.29) is 24.0 Å². The summed E-state index contributed by atoms with van der Waals surface area (Å²) in [5.41, 5.74) is 0. The zero-order chi connectivity index (χ0) is 15.5. The zero-order valence-electron chi connectivity index (χ0n) is 14.7. The zero-order valence-corrected chi connectivity index (χ0v) is 17.1. The molecule has 2 N–H and O–H groups in total. The first-order valence-electron chi connectivity index (χ1n) is 8.43. The van der Waals surface area contributed by atoms with E-state index in [4.69, 9.17) is 4.74 Å². The Morgan fingerprint density at radius 1 is 1.32 bits per heavy atom. The molecular weight excluding hydrogens is 391 g/mol. The third kappa shape index (κ3) is 9.84. The van der Waals surface area contributed by atoms with Gasteiger partial charge < -0.3 is 20.3 Å². The Kier molecular flexibility index (Phi) is 13.3. The second-order valence-corrected chi connectivity index (χ2v) is 5.95. The van der Waals surface area contributed by atoms with Crippen molar-refractivity contribution in [3.8, 4) is 0 Å². The van der Waals surface area contributed by atoms with Crippen LogP contribution >= 0.6 is 24.0 Å². The van der Waals surface area contributed by atoms with E-state index in [9.17, 15) is 0 Å². The van der Waals surface area contributed by atoms with Gasteiger partial charge in [-0.2, -0.15) is 0 Å². The van der Waals surface area contributed by atoms with Gasteiger partial charge in [0.1, 0.15) is 0 Å². The molecule has 132 valence electrons.